The van der Waals surface area contributed by atoms with Crippen molar-refractivity contribution in [3.63, 3.8) is 0 Å². The maximum absolute atomic E-state index is 5.74. The number of hydrogen-bond donors (Lipinski definition) is 1. The van der Waals surface area contributed by atoms with Gasteiger partial charge in [-0.15, -0.1) is 11.3 Å². The molecule has 0 radical (unpaired) electrons. The summed E-state index contributed by atoms with van der Waals surface area (Å²) < 4.78 is 1.20. The zero-order chi connectivity index (χ0) is 13.0. The molecule has 0 saturated heterocycles. The fourth-order valence-electron chi connectivity index (χ4n) is 1.87. The van der Waals surface area contributed by atoms with Gasteiger partial charge < -0.3 is 10.6 Å². The lowest BCUT2D eigenvalue weighted by molar-refractivity contribution is 0.773. The summed E-state index contributed by atoms with van der Waals surface area (Å²) in [5.41, 5.74) is 7.78. The van der Waals surface area contributed by atoms with Crippen LogP contribution in [-0.2, 0) is 6.54 Å². The van der Waals surface area contributed by atoms with E-state index < -0.39 is 0 Å². The van der Waals surface area contributed by atoms with Crippen LogP contribution in [0.3, 0.4) is 0 Å². The summed E-state index contributed by atoms with van der Waals surface area (Å²) in [5.74, 6) is 0. The van der Waals surface area contributed by atoms with E-state index in [9.17, 15) is 0 Å². The molecular weight excluding hydrogens is 308 g/mol. The van der Waals surface area contributed by atoms with Gasteiger partial charge in [-0.25, -0.2) is 0 Å². The number of anilines is 2. The van der Waals surface area contributed by atoms with E-state index in [4.69, 9.17) is 5.73 Å². The van der Waals surface area contributed by atoms with Crippen molar-refractivity contribution in [1.82, 2.24) is 0 Å². The van der Waals surface area contributed by atoms with Crippen molar-refractivity contribution in [3.05, 3.63) is 45.1 Å². The molecule has 2 N–H and O–H groups in total. The number of thiophene rings is 1. The number of nitrogen functional groups attached to an aromatic ring is 1. The summed E-state index contributed by atoms with van der Waals surface area (Å²) in [6.45, 7) is 4.19. The van der Waals surface area contributed by atoms with E-state index in [1.54, 1.807) is 11.3 Å². The lowest BCUT2D eigenvalue weighted by atomic mass is 10.2. The topological polar surface area (TPSA) is 29.3 Å². The lowest BCUT2D eigenvalue weighted by Gasteiger charge is -2.24. The molecule has 2 aromatic rings. The molecule has 0 fully saturated rings. The van der Waals surface area contributed by atoms with Gasteiger partial charge in [0.1, 0.15) is 0 Å². The Balaban J connectivity index is 2.18. The summed E-state index contributed by atoms with van der Waals surface area (Å²) in [6.07, 6.45) is 1.13. The van der Waals surface area contributed by atoms with Gasteiger partial charge in [0.25, 0.3) is 0 Å². The van der Waals surface area contributed by atoms with Gasteiger partial charge in [-0.1, -0.05) is 6.92 Å². The molecule has 1 aromatic carbocycles. The van der Waals surface area contributed by atoms with Crippen LogP contribution in [0.5, 0.6) is 0 Å². The van der Waals surface area contributed by atoms with Gasteiger partial charge in [-0.05, 0) is 58.1 Å². The second-order valence-electron chi connectivity index (χ2n) is 4.20. The highest BCUT2D eigenvalue weighted by Crippen LogP contribution is 2.27. The molecule has 1 aromatic heterocycles. The first kappa shape index (κ1) is 13.4. The van der Waals surface area contributed by atoms with Crippen molar-refractivity contribution in [1.29, 1.82) is 0 Å². The van der Waals surface area contributed by atoms with Crippen LogP contribution in [0, 0.1) is 0 Å². The monoisotopic (exact) mass is 324 g/mol. The minimum absolute atomic E-state index is 0.813. The molecule has 0 aliphatic carbocycles. The predicted molar refractivity (Wildman–Crippen MR) is 84.2 cm³/mol. The minimum atomic E-state index is 0.813. The van der Waals surface area contributed by atoms with Gasteiger partial charge >= 0.3 is 0 Å². The molecule has 0 bridgehead atoms. The molecule has 2 rings (SSSR count). The lowest BCUT2D eigenvalue weighted by Crippen LogP contribution is -2.23. The van der Waals surface area contributed by atoms with Crippen LogP contribution in [0.4, 0.5) is 11.4 Å². The Hall–Kier alpha value is -1.00. The molecule has 0 saturated carbocycles. The Labute approximate surface area is 121 Å². The Kier molecular flexibility index (Phi) is 4.66. The Morgan fingerprint density at radius 1 is 1.22 bits per heavy atom. The molecule has 2 nitrogen and oxygen atoms in total. The van der Waals surface area contributed by atoms with Gasteiger partial charge in [0, 0.05) is 27.3 Å². The third-order valence-electron chi connectivity index (χ3n) is 2.78. The number of benzene rings is 1. The van der Waals surface area contributed by atoms with Crippen LogP contribution in [-0.4, -0.2) is 6.54 Å². The zero-order valence-electron chi connectivity index (χ0n) is 10.4. The summed E-state index contributed by atoms with van der Waals surface area (Å²) >= 11 is 5.38. The van der Waals surface area contributed by atoms with Crippen molar-refractivity contribution in [2.75, 3.05) is 17.2 Å². The van der Waals surface area contributed by atoms with Gasteiger partial charge in [-0.2, -0.15) is 0 Å². The van der Waals surface area contributed by atoms with Gasteiger partial charge in [0.05, 0.1) is 6.54 Å². The maximum Gasteiger partial charge on any atom is 0.0534 e. The third kappa shape index (κ3) is 3.27. The minimum Gasteiger partial charge on any atom is -0.399 e. The molecule has 4 heteroatoms. The quantitative estimate of drug-likeness (QED) is 0.820. The van der Waals surface area contributed by atoms with E-state index in [1.165, 1.54) is 15.0 Å². The van der Waals surface area contributed by atoms with Crippen LogP contribution < -0.4 is 10.6 Å². The molecule has 0 aliphatic heterocycles. The van der Waals surface area contributed by atoms with Crippen molar-refractivity contribution >= 4 is 38.6 Å². The molecule has 0 aliphatic rings. The number of nitrogens with two attached hydrogens (primary N) is 1. The first-order valence-electron chi connectivity index (χ1n) is 6.03. The standard InChI is InChI=1S/C14H17BrN2S/c1-2-8-17(10-14-13(15)7-9-18-14)12-5-3-11(16)4-6-12/h3-7,9H,2,8,10,16H2,1H3. The fourth-order valence-corrected chi connectivity index (χ4v) is 3.36. The van der Waals surface area contributed by atoms with Crippen molar-refractivity contribution < 1.29 is 0 Å². The predicted octanol–water partition coefficient (Wildman–Crippen LogP) is 4.51. The second kappa shape index (κ2) is 6.25. The summed E-state index contributed by atoms with van der Waals surface area (Å²) in [7, 11) is 0. The summed E-state index contributed by atoms with van der Waals surface area (Å²) in [4.78, 5) is 3.75. The average Bonchev–Trinajstić information content (AvgIpc) is 2.76. The molecular formula is C14H17BrN2S. The summed E-state index contributed by atoms with van der Waals surface area (Å²) in [6, 6.07) is 10.2. The van der Waals surface area contributed by atoms with Crippen molar-refractivity contribution in [3.8, 4) is 0 Å². The first-order valence-corrected chi connectivity index (χ1v) is 7.70. The van der Waals surface area contributed by atoms with Crippen LogP contribution in [0.1, 0.15) is 18.2 Å². The van der Waals surface area contributed by atoms with E-state index in [2.05, 4.69) is 51.3 Å². The van der Waals surface area contributed by atoms with Crippen LogP contribution in [0.2, 0.25) is 0 Å². The molecule has 1 heterocycles. The Morgan fingerprint density at radius 3 is 2.50 bits per heavy atom. The average molecular weight is 325 g/mol. The molecule has 0 spiro atoms. The first-order chi connectivity index (χ1) is 8.70. The van der Waals surface area contributed by atoms with Crippen LogP contribution in [0.25, 0.3) is 0 Å². The fraction of sp³-hybridized carbons (Fsp3) is 0.286. The molecule has 0 amide bonds. The number of rotatable bonds is 5. The summed E-state index contributed by atoms with van der Waals surface area (Å²) in [5, 5.41) is 2.12. The van der Waals surface area contributed by atoms with Gasteiger partial charge in [0.2, 0.25) is 0 Å². The van der Waals surface area contributed by atoms with Crippen molar-refractivity contribution in [2.24, 2.45) is 0 Å². The van der Waals surface area contributed by atoms with E-state index in [0.717, 1.165) is 25.2 Å². The second-order valence-corrected chi connectivity index (χ2v) is 6.06. The van der Waals surface area contributed by atoms with Gasteiger partial charge in [0.15, 0.2) is 0 Å². The highest BCUT2D eigenvalue weighted by molar-refractivity contribution is 9.10. The molecule has 96 valence electrons. The normalized spacial score (nSPS) is 10.6. The SMILES string of the molecule is CCCN(Cc1sccc1Br)c1ccc(N)cc1. The molecule has 0 unspecified atom stereocenters. The number of halogens is 1. The van der Waals surface area contributed by atoms with E-state index >= 15 is 0 Å². The smallest absolute Gasteiger partial charge is 0.0534 e. The van der Waals surface area contributed by atoms with E-state index in [-0.39, 0.29) is 0 Å². The largest absolute Gasteiger partial charge is 0.399 e. The maximum atomic E-state index is 5.74. The van der Waals surface area contributed by atoms with Crippen LogP contribution >= 0.6 is 27.3 Å². The highest BCUT2D eigenvalue weighted by Gasteiger charge is 2.09. The van der Waals surface area contributed by atoms with E-state index in [0.29, 0.717) is 0 Å². The van der Waals surface area contributed by atoms with E-state index in [1.807, 2.05) is 12.1 Å². The Morgan fingerprint density at radius 2 is 1.94 bits per heavy atom. The molecule has 18 heavy (non-hydrogen) atoms. The van der Waals surface area contributed by atoms with Gasteiger partial charge in [-0.3, -0.25) is 0 Å². The van der Waals surface area contributed by atoms with Crippen LogP contribution in [0.15, 0.2) is 40.2 Å². The Bertz CT molecular complexity index is 493. The highest BCUT2D eigenvalue weighted by atomic mass is 79.9. The zero-order valence-corrected chi connectivity index (χ0v) is 12.8. The molecule has 0 atom stereocenters. The number of hydrogen-bond acceptors (Lipinski definition) is 3. The number of nitrogens with zero attached hydrogens (tertiary/aromatic N) is 1. The third-order valence-corrected chi connectivity index (χ3v) is 4.69. The van der Waals surface area contributed by atoms with Crippen molar-refractivity contribution in [2.45, 2.75) is 19.9 Å².